The number of amides is 1. The van der Waals surface area contributed by atoms with E-state index in [0.29, 0.717) is 30.9 Å². The van der Waals surface area contributed by atoms with Crippen molar-refractivity contribution in [3.8, 4) is 5.75 Å². The molecule has 136 valence electrons. The second-order valence-electron chi connectivity index (χ2n) is 6.47. The van der Waals surface area contributed by atoms with Crippen LogP contribution in [-0.4, -0.2) is 50.4 Å². The van der Waals surface area contributed by atoms with Crippen LogP contribution >= 0.6 is 0 Å². The number of aryl methyl sites for hydroxylation is 2. The average Bonchev–Trinajstić information content (AvgIpc) is 3.22. The first-order chi connectivity index (χ1) is 12.6. The van der Waals surface area contributed by atoms with E-state index in [-0.39, 0.29) is 18.1 Å². The highest BCUT2D eigenvalue weighted by atomic mass is 16.5. The summed E-state index contributed by atoms with van der Waals surface area (Å²) in [6.45, 7) is 2.93. The largest absolute Gasteiger partial charge is 0.484 e. The maximum atomic E-state index is 12.8. The molecule has 1 fully saturated rings. The first-order valence-corrected chi connectivity index (χ1v) is 8.58. The molecule has 0 bridgehead atoms. The van der Waals surface area contributed by atoms with Gasteiger partial charge in [0.1, 0.15) is 23.1 Å². The first kappa shape index (κ1) is 16.6. The topological polar surface area (TPSA) is 82.7 Å². The summed E-state index contributed by atoms with van der Waals surface area (Å²) in [6.07, 6.45) is 7.38. The molecule has 8 nitrogen and oxygen atoms in total. The van der Waals surface area contributed by atoms with E-state index in [9.17, 15) is 4.79 Å². The molecular weight excluding hydrogens is 334 g/mol. The van der Waals surface area contributed by atoms with E-state index in [1.807, 2.05) is 43.1 Å². The summed E-state index contributed by atoms with van der Waals surface area (Å²) in [5.74, 6) is 0.505. The molecule has 26 heavy (non-hydrogen) atoms. The fraction of sp³-hybridized carbons (Fsp3) is 0.389. The lowest BCUT2D eigenvalue weighted by Gasteiger charge is -2.32. The Morgan fingerprint density at radius 1 is 1.35 bits per heavy atom. The van der Waals surface area contributed by atoms with E-state index in [1.54, 1.807) is 16.9 Å². The maximum Gasteiger partial charge on any atom is 0.257 e. The molecule has 4 heterocycles. The summed E-state index contributed by atoms with van der Waals surface area (Å²) < 4.78 is 15.1. The molecule has 1 aliphatic rings. The van der Waals surface area contributed by atoms with Gasteiger partial charge in [0, 0.05) is 31.7 Å². The van der Waals surface area contributed by atoms with E-state index >= 15 is 0 Å². The van der Waals surface area contributed by atoms with Crippen LogP contribution < -0.4 is 10.1 Å². The Hall–Kier alpha value is -2.87. The number of imidazole rings is 1. The van der Waals surface area contributed by atoms with Crippen LogP contribution in [0.5, 0.6) is 5.75 Å². The van der Waals surface area contributed by atoms with Gasteiger partial charge in [-0.3, -0.25) is 9.78 Å². The minimum Gasteiger partial charge on any atom is -0.484 e. The monoisotopic (exact) mass is 355 g/mol. The van der Waals surface area contributed by atoms with Crippen molar-refractivity contribution in [2.75, 3.05) is 13.2 Å². The third-order valence-corrected chi connectivity index (χ3v) is 4.57. The molecule has 0 aliphatic carbocycles. The van der Waals surface area contributed by atoms with Gasteiger partial charge in [-0.15, -0.1) is 0 Å². The fourth-order valence-electron chi connectivity index (χ4n) is 3.15. The number of carbonyl (C=O) groups is 1. The van der Waals surface area contributed by atoms with Crippen molar-refractivity contribution in [2.24, 2.45) is 7.05 Å². The number of aromatic nitrogens is 4. The Morgan fingerprint density at radius 3 is 3.04 bits per heavy atom. The molecule has 1 N–H and O–H groups in total. The molecule has 1 amide bonds. The van der Waals surface area contributed by atoms with Gasteiger partial charge in [-0.05, 0) is 25.5 Å². The number of fused-ring (bicyclic) bond motifs is 1. The Balaban J connectivity index is 1.50. The lowest BCUT2D eigenvalue weighted by molar-refractivity contribution is -0.0136. The van der Waals surface area contributed by atoms with E-state index < -0.39 is 0 Å². The second kappa shape index (κ2) is 6.80. The molecule has 1 aliphatic heterocycles. The Labute approximate surface area is 150 Å². The molecule has 0 radical (unpaired) electrons. The summed E-state index contributed by atoms with van der Waals surface area (Å²) in [4.78, 5) is 17.0. The number of rotatable bonds is 4. The normalized spacial score (nSPS) is 20.2. The van der Waals surface area contributed by atoms with Crippen molar-refractivity contribution in [1.29, 1.82) is 0 Å². The first-order valence-electron chi connectivity index (χ1n) is 8.58. The zero-order chi connectivity index (χ0) is 18.1. The van der Waals surface area contributed by atoms with Gasteiger partial charge in [0.15, 0.2) is 0 Å². The quantitative estimate of drug-likeness (QED) is 0.764. The molecule has 1 saturated heterocycles. The number of hydrogen-bond acceptors (Lipinski definition) is 5. The van der Waals surface area contributed by atoms with Crippen molar-refractivity contribution in [3.63, 3.8) is 0 Å². The number of ether oxygens (including phenoxy) is 2. The van der Waals surface area contributed by atoms with Gasteiger partial charge < -0.3 is 19.4 Å². The standard InChI is InChI=1S/C18H21N5O3/c1-12-3-4-13(9-19-12)26-16-11-25-8-5-15(16)21-17(24)14-10-20-23-7-6-22(2)18(14)23/h3-4,6-7,9-10,15-16H,5,8,11H2,1-2H3,(H,21,24)/t15-,16+/m1/s1. The average molecular weight is 355 g/mol. The highest BCUT2D eigenvalue weighted by Crippen LogP contribution is 2.18. The Morgan fingerprint density at radius 2 is 2.23 bits per heavy atom. The Bertz CT molecular complexity index is 915. The third kappa shape index (κ3) is 3.15. The zero-order valence-electron chi connectivity index (χ0n) is 14.8. The van der Waals surface area contributed by atoms with Gasteiger partial charge in [-0.1, -0.05) is 0 Å². The van der Waals surface area contributed by atoms with Gasteiger partial charge in [0.2, 0.25) is 0 Å². The van der Waals surface area contributed by atoms with Crippen LogP contribution in [0.2, 0.25) is 0 Å². The number of hydrogen-bond donors (Lipinski definition) is 1. The molecule has 0 aromatic carbocycles. The van der Waals surface area contributed by atoms with Crippen molar-refractivity contribution in [1.82, 2.24) is 24.5 Å². The SMILES string of the molecule is Cc1ccc(O[C@H]2COCC[C@H]2NC(=O)c2cnn3ccn(C)c23)cn1. The van der Waals surface area contributed by atoms with Gasteiger partial charge in [-0.25, -0.2) is 4.52 Å². The van der Waals surface area contributed by atoms with Gasteiger partial charge >= 0.3 is 0 Å². The number of carbonyl (C=O) groups excluding carboxylic acids is 1. The molecule has 0 spiro atoms. The van der Waals surface area contributed by atoms with Crippen LogP contribution in [0.4, 0.5) is 0 Å². The predicted molar refractivity (Wildman–Crippen MR) is 94.2 cm³/mol. The number of nitrogens with zero attached hydrogens (tertiary/aromatic N) is 4. The minimum absolute atomic E-state index is 0.146. The van der Waals surface area contributed by atoms with Crippen molar-refractivity contribution in [2.45, 2.75) is 25.5 Å². The summed E-state index contributed by atoms with van der Waals surface area (Å²) >= 11 is 0. The lowest BCUT2D eigenvalue weighted by Crippen LogP contribution is -2.51. The van der Waals surface area contributed by atoms with Crippen LogP contribution in [0.15, 0.2) is 36.9 Å². The second-order valence-corrected chi connectivity index (χ2v) is 6.47. The molecule has 3 aromatic heterocycles. The van der Waals surface area contributed by atoms with Crippen LogP contribution in [0.3, 0.4) is 0 Å². The van der Waals surface area contributed by atoms with E-state index in [0.717, 1.165) is 11.3 Å². The maximum absolute atomic E-state index is 12.8. The third-order valence-electron chi connectivity index (χ3n) is 4.57. The summed E-state index contributed by atoms with van der Waals surface area (Å²) in [7, 11) is 1.89. The summed E-state index contributed by atoms with van der Waals surface area (Å²) in [5, 5.41) is 7.30. The van der Waals surface area contributed by atoms with E-state index in [2.05, 4.69) is 15.4 Å². The van der Waals surface area contributed by atoms with Gasteiger partial charge in [0.25, 0.3) is 5.91 Å². The van der Waals surface area contributed by atoms with Crippen molar-refractivity contribution in [3.05, 3.63) is 48.2 Å². The van der Waals surface area contributed by atoms with Crippen molar-refractivity contribution < 1.29 is 14.3 Å². The van der Waals surface area contributed by atoms with Crippen molar-refractivity contribution >= 4 is 11.6 Å². The van der Waals surface area contributed by atoms with Crippen LogP contribution in [0, 0.1) is 6.92 Å². The smallest absolute Gasteiger partial charge is 0.257 e. The molecular formula is C18H21N5O3. The van der Waals surface area contributed by atoms with Crippen LogP contribution in [0.1, 0.15) is 22.5 Å². The van der Waals surface area contributed by atoms with Gasteiger partial charge in [-0.2, -0.15) is 5.10 Å². The molecule has 4 rings (SSSR count). The zero-order valence-corrected chi connectivity index (χ0v) is 14.8. The molecule has 3 aromatic rings. The highest BCUT2D eigenvalue weighted by molar-refractivity contribution is 6.00. The predicted octanol–water partition coefficient (Wildman–Crippen LogP) is 1.34. The summed E-state index contributed by atoms with van der Waals surface area (Å²) in [5.41, 5.74) is 2.23. The van der Waals surface area contributed by atoms with E-state index in [4.69, 9.17) is 9.47 Å². The van der Waals surface area contributed by atoms with Crippen LogP contribution in [-0.2, 0) is 11.8 Å². The number of pyridine rings is 1. The Kier molecular flexibility index (Phi) is 4.34. The fourth-order valence-corrected chi connectivity index (χ4v) is 3.15. The van der Waals surface area contributed by atoms with E-state index in [1.165, 1.54) is 0 Å². The number of nitrogens with one attached hydrogen (secondary N) is 1. The van der Waals surface area contributed by atoms with Gasteiger partial charge in [0.05, 0.1) is 25.0 Å². The minimum atomic E-state index is -0.267. The molecule has 0 saturated carbocycles. The molecule has 8 heteroatoms. The molecule has 2 atom stereocenters. The van der Waals surface area contributed by atoms with Crippen LogP contribution in [0.25, 0.3) is 5.65 Å². The lowest BCUT2D eigenvalue weighted by atomic mass is 10.1. The highest BCUT2D eigenvalue weighted by Gasteiger charge is 2.30. The summed E-state index contributed by atoms with van der Waals surface area (Å²) in [6, 6.07) is 3.62. The molecule has 0 unspecified atom stereocenters.